The normalized spacial score (nSPS) is 11.8. The van der Waals surface area contributed by atoms with E-state index in [9.17, 15) is 18.0 Å². The van der Waals surface area contributed by atoms with E-state index in [1.807, 2.05) is 36.4 Å². The van der Waals surface area contributed by atoms with Gasteiger partial charge in [-0.05, 0) is 60.5 Å². The van der Waals surface area contributed by atoms with Crippen LogP contribution in [-0.4, -0.2) is 51.4 Å². The molecule has 0 heterocycles. The lowest BCUT2D eigenvalue weighted by molar-refractivity contribution is -0.140. The Hall–Kier alpha value is -4.05. The minimum atomic E-state index is -4.30. The molecule has 0 saturated carbocycles. The van der Waals surface area contributed by atoms with Gasteiger partial charge in [-0.1, -0.05) is 83.9 Å². The molecule has 0 aliphatic carbocycles. The van der Waals surface area contributed by atoms with Crippen LogP contribution in [0.1, 0.15) is 18.1 Å². The van der Waals surface area contributed by atoms with Crippen molar-refractivity contribution in [3.63, 3.8) is 0 Å². The summed E-state index contributed by atoms with van der Waals surface area (Å²) in [7, 11) is -2.76. The van der Waals surface area contributed by atoms with Gasteiger partial charge in [0.25, 0.3) is 10.0 Å². The second-order valence-electron chi connectivity index (χ2n) is 9.89. The molecule has 0 saturated heterocycles. The largest absolute Gasteiger partial charge is 0.497 e. The molecule has 4 aromatic carbocycles. The van der Waals surface area contributed by atoms with E-state index >= 15 is 0 Å². The molecule has 4 aromatic rings. The number of rotatable bonds is 13. The molecule has 230 valence electrons. The van der Waals surface area contributed by atoms with Crippen molar-refractivity contribution < 1.29 is 22.7 Å². The Balaban J connectivity index is 1.83. The molecule has 2 amide bonds. The second-order valence-corrected chi connectivity index (χ2v) is 12.6. The fourth-order valence-corrected chi connectivity index (χ4v) is 6.61. The standard InChI is InChI=1S/C33H33Cl2N3O5S/c1-3-36-33(40)31(20-24-11-6-4-7-12-24)37(22-25-13-10-14-27(19-25)43-2)32(39)23-38(30-21-26(34)17-18-29(30)35)44(41,42)28-15-8-5-9-16-28/h4-19,21,31H,3,20,22-23H2,1-2H3,(H,36,40)/t31-/m0/s1. The predicted octanol–water partition coefficient (Wildman–Crippen LogP) is 5.97. The van der Waals surface area contributed by atoms with Gasteiger partial charge in [0, 0.05) is 24.5 Å². The van der Waals surface area contributed by atoms with Crippen molar-refractivity contribution in [2.24, 2.45) is 0 Å². The Kier molecular flexibility index (Phi) is 11.3. The maximum Gasteiger partial charge on any atom is 0.264 e. The summed E-state index contributed by atoms with van der Waals surface area (Å²) in [5.74, 6) is -0.409. The van der Waals surface area contributed by atoms with Gasteiger partial charge in [0.1, 0.15) is 18.3 Å². The average Bonchev–Trinajstić information content (AvgIpc) is 3.03. The molecule has 11 heteroatoms. The summed E-state index contributed by atoms with van der Waals surface area (Å²) in [6.45, 7) is 1.50. The van der Waals surface area contributed by atoms with Gasteiger partial charge >= 0.3 is 0 Å². The van der Waals surface area contributed by atoms with Crippen LogP contribution in [-0.2, 0) is 32.6 Å². The summed E-state index contributed by atoms with van der Waals surface area (Å²) in [4.78, 5) is 29.4. The summed E-state index contributed by atoms with van der Waals surface area (Å²) in [6.07, 6.45) is 0.200. The maximum atomic E-state index is 14.4. The Labute approximate surface area is 268 Å². The van der Waals surface area contributed by atoms with E-state index in [1.54, 1.807) is 43.3 Å². The monoisotopic (exact) mass is 653 g/mol. The van der Waals surface area contributed by atoms with Crippen LogP contribution in [0.4, 0.5) is 5.69 Å². The number of nitrogens with zero attached hydrogens (tertiary/aromatic N) is 2. The molecule has 1 N–H and O–H groups in total. The zero-order valence-electron chi connectivity index (χ0n) is 24.3. The topological polar surface area (TPSA) is 96.0 Å². The molecule has 4 rings (SSSR count). The number of sulfonamides is 1. The van der Waals surface area contributed by atoms with Crippen LogP contribution in [0.3, 0.4) is 0 Å². The first kappa shape index (κ1) is 32.9. The van der Waals surface area contributed by atoms with Crippen molar-refractivity contribution >= 4 is 50.7 Å². The highest BCUT2D eigenvalue weighted by atomic mass is 35.5. The van der Waals surface area contributed by atoms with Crippen LogP contribution in [0.15, 0.2) is 108 Å². The summed E-state index contributed by atoms with van der Waals surface area (Å²) < 4.78 is 34.4. The van der Waals surface area contributed by atoms with Crippen LogP contribution in [0.25, 0.3) is 0 Å². The van der Waals surface area contributed by atoms with E-state index in [2.05, 4.69) is 5.32 Å². The molecule has 0 aliphatic heterocycles. The van der Waals surface area contributed by atoms with Gasteiger partial charge in [-0.2, -0.15) is 0 Å². The Morgan fingerprint density at radius 3 is 2.18 bits per heavy atom. The molecule has 0 aliphatic rings. The molecule has 8 nitrogen and oxygen atoms in total. The number of hydrogen-bond acceptors (Lipinski definition) is 5. The number of ether oxygens (including phenoxy) is 1. The second kappa shape index (κ2) is 15.1. The molecular weight excluding hydrogens is 621 g/mol. The number of amides is 2. The smallest absolute Gasteiger partial charge is 0.264 e. The van der Waals surface area contributed by atoms with Gasteiger partial charge in [0.2, 0.25) is 11.8 Å². The number of anilines is 1. The van der Waals surface area contributed by atoms with E-state index in [4.69, 9.17) is 27.9 Å². The summed E-state index contributed by atoms with van der Waals surface area (Å²) >= 11 is 12.8. The lowest BCUT2D eigenvalue weighted by Gasteiger charge is -2.34. The lowest BCUT2D eigenvalue weighted by Crippen LogP contribution is -2.53. The zero-order chi connectivity index (χ0) is 31.7. The SMILES string of the molecule is CCNC(=O)[C@H](Cc1ccccc1)N(Cc1cccc(OC)c1)C(=O)CN(c1cc(Cl)ccc1Cl)S(=O)(=O)c1ccccc1. The van der Waals surface area contributed by atoms with E-state index < -0.39 is 28.5 Å². The number of hydrogen-bond donors (Lipinski definition) is 1. The third kappa shape index (κ3) is 8.11. The van der Waals surface area contributed by atoms with Gasteiger partial charge in [-0.3, -0.25) is 13.9 Å². The number of carbonyl (C=O) groups is 2. The quantitative estimate of drug-likeness (QED) is 0.192. The summed E-state index contributed by atoms with van der Waals surface area (Å²) in [5.41, 5.74) is 1.56. The van der Waals surface area contributed by atoms with Gasteiger partial charge in [0.05, 0.1) is 22.7 Å². The number of carbonyl (C=O) groups excluding carboxylic acids is 2. The van der Waals surface area contributed by atoms with Crippen LogP contribution >= 0.6 is 23.2 Å². The van der Waals surface area contributed by atoms with Gasteiger partial charge in [-0.15, -0.1) is 0 Å². The van der Waals surface area contributed by atoms with Gasteiger partial charge < -0.3 is 15.0 Å². The van der Waals surface area contributed by atoms with Crippen molar-refractivity contribution in [2.75, 3.05) is 24.5 Å². The zero-order valence-corrected chi connectivity index (χ0v) is 26.6. The Morgan fingerprint density at radius 1 is 0.864 bits per heavy atom. The Morgan fingerprint density at radius 2 is 1.52 bits per heavy atom. The molecule has 0 bridgehead atoms. The average molecular weight is 655 g/mol. The molecule has 0 aromatic heterocycles. The van der Waals surface area contributed by atoms with Crippen LogP contribution in [0.5, 0.6) is 5.75 Å². The number of methoxy groups -OCH3 is 1. The Bertz CT molecular complexity index is 1690. The molecule has 44 heavy (non-hydrogen) atoms. The predicted molar refractivity (Wildman–Crippen MR) is 174 cm³/mol. The fraction of sp³-hybridized carbons (Fsp3) is 0.212. The molecule has 0 spiro atoms. The third-order valence-corrected chi connectivity index (χ3v) is 9.22. The molecule has 0 unspecified atom stereocenters. The molecular formula is C33H33Cl2N3O5S. The minimum Gasteiger partial charge on any atom is -0.497 e. The maximum absolute atomic E-state index is 14.4. The van der Waals surface area contributed by atoms with Crippen molar-refractivity contribution in [2.45, 2.75) is 30.8 Å². The van der Waals surface area contributed by atoms with Crippen molar-refractivity contribution in [1.82, 2.24) is 10.2 Å². The van der Waals surface area contributed by atoms with E-state index in [0.717, 1.165) is 9.87 Å². The minimum absolute atomic E-state index is 0.00711. The molecule has 0 fully saturated rings. The number of halogens is 2. The highest BCUT2D eigenvalue weighted by Crippen LogP contribution is 2.33. The first-order chi connectivity index (χ1) is 21.1. The number of benzene rings is 4. The van der Waals surface area contributed by atoms with E-state index in [0.29, 0.717) is 17.9 Å². The van der Waals surface area contributed by atoms with Crippen LogP contribution < -0.4 is 14.4 Å². The molecule has 1 atom stereocenters. The van der Waals surface area contributed by atoms with Crippen LogP contribution in [0, 0.1) is 0 Å². The first-order valence-corrected chi connectivity index (χ1v) is 16.1. The third-order valence-electron chi connectivity index (χ3n) is 6.90. The highest BCUT2D eigenvalue weighted by molar-refractivity contribution is 7.92. The summed E-state index contributed by atoms with van der Waals surface area (Å²) in [5, 5.41) is 3.17. The van der Waals surface area contributed by atoms with Gasteiger partial charge in [0.15, 0.2) is 0 Å². The fourth-order valence-electron chi connectivity index (χ4n) is 4.72. The van der Waals surface area contributed by atoms with Crippen molar-refractivity contribution in [3.8, 4) is 5.75 Å². The first-order valence-electron chi connectivity index (χ1n) is 13.9. The number of likely N-dealkylation sites (N-methyl/N-ethyl adjacent to an activating group) is 1. The van der Waals surface area contributed by atoms with Gasteiger partial charge in [-0.25, -0.2) is 8.42 Å². The van der Waals surface area contributed by atoms with Crippen molar-refractivity contribution in [3.05, 3.63) is 124 Å². The highest BCUT2D eigenvalue weighted by Gasteiger charge is 2.35. The molecule has 0 radical (unpaired) electrons. The lowest BCUT2D eigenvalue weighted by atomic mass is 10.0. The van der Waals surface area contributed by atoms with E-state index in [1.165, 1.54) is 42.3 Å². The summed E-state index contributed by atoms with van der Waals surface area (Å²) in [6, 6.07) is 27.6. The van der Waals surface area contributed by atoms with E-state index in [-0.39, 0.29) is 39.5 Å². The van der Waals surface area contributed by atoms with Crippen LogP contribution in [0.2, 0.25) is 10.0 Å². The van der Waals surface area contributed by atoms with Crippen molar-refractivity contribution in [1.29, 1.82) is 0 Å². The number of nitrogens with one attached hydrogen (secondary N) is 1.